The first kappa shape index (κ1) is 8.51. The highest BCUT2D eigenvalue weighted by Crippen LogP contribution is 2.57. The maximum atomic E-state index is 11.4. The van der Waals surface area contributed by atoms with Crippen LogP contribution in [0, 0.1) is 29.6 Å². The van der Waals surface area contributed by atoms with Gasteiger partial charge >= 0.3 is 5.97 Å². The van der Waals surface area contributed by atoms with Crippen molar-refractivity contribution >= 4 is 5.97 Å². The smallest absolute Gasteiger partial charge is 0.308 e. The van der Waals surface area contributed by atoms with E-state index in [2.05, 4.69) is 12.2 Å². The number of rotatable bonds is 1. The second-order valence-corrected chi connectivity index (χ2v) is 4.97. The quantitative estimate of drug-likeness (QED) is 0.469. The molecule has 0 N–H and O–H groups in total. The van der Waals surface area contributed by atoms with Crippen LogP contribution in [-0.2, 0) is 9.53 Å². The van der Waals surface area contributed by atoms with E-state index in [1.807, 2.05) is 0 Å². The Bertz CT molecular complexity index is 275. The van der Waals surface area contributed by atoms with Crippen LogP contribution in [0.4, 0.5) is 0 Å². The van der Waals surface area contributed by atoms with E-state index in [-0.39, 0.29) is 11.9 Å². The molecule has 2 saturated carbocycles. The number of esters is 1. The predicted molar refractivity (Wildman–Crippen MR) is 52.5 cm³/mol. The molecule has 4 unspecified atom stereocenters. The van der Waals surface area contributed by atoms with Gasteiger partial charge in [-0.25, -0.2) is 0 Å². The first-order valence-electron chi connectivity index (χ1n) is 5.55. The van der Waals surface area contributed by atoms with Crippen LogP contribution in [0.1, 0.15) is 19.3 Å². The summed E-state index contributed by atoms with van der Waals surface area (Å²) in [5.41, 5.74) is 0. The zero-order chi connectivity index (χ0) is 9.71. The molecular weight excluding hydrogens is 176 g/mol. The fourth-order valence-electron chi connectivity index (χ4n) is 3.84. The summed E-state index contributed by atoms with van der Waals surface area (Å²) in [5, 5.41) is 0. The van der Waals surface area contributed by atoms with Crippen molar-refractivity contribution in [2.24, 2.45) is 29.6 Å². The molecule has 0 aromatic carbocycles. The lowest BCUT2D eigenvalue weighted by molar-refractivity contribution is -0.145. The second kappa shape index (κ2) is 2.85. The van der Waals surface area contributed by atoms with Crippen LogP contribution in [0.3, 0.4) is 0 Å². The van der Waals surface area contributed by atoms with Gasteiger partial charge in [-0.05, 0) is 42.9 Å². The minimum atomic E-state index is 0.0128. The van der Waals surface area contributed by atoms with Gasteiger partial charge in [-0.3, -0.25) is 4.79 Å². The van der Waals surface area contributed by atoms with Crippen molar-refractivity contribution in [3.05, 3.63) is 12.2 Å². The van der Waals surface area contributed by atoms with Crippen molar-refractivity contribution in [3.8, 4) is 0 Å². The van der Waals surface area contributed by atoms with Crippen LogP contribution in [0.2, 0.25) is 0 Å². The summed E-state index contributed by atoms with van der Waals surface area (Å²) in [6, 6.07) is 0. The molecule has 0 aliphatic heterocycles. The molecule has 3 aliphatic rings. The van der Waals surface area contributed by atoms with Gasteiger partial charge < -0.3 is 4.74 Å². The molecule has 2 nitrogen and oxygen atoms in total. The van der Waals surface area contributed by atoms with Crippen LogP contribution < -0.4 is 0 Å². The lowest BCUT2D eigenvalue weighted by Crippen LogP contribution is -2.14. The SMILES string of the molecule is COC(=O)C1CC2C3C=CC(C3)C2C1. The molecule has 0 radical (unpaired) electrons. The Morgan fingerprint density at radius 1 is 1.14 bits per heavy atom. The Morgan fingerprint density at radius 3 is 2.21 bits per heavy atom. The van der Waals surface area contributed by atoms with E-state index in [1.165, 1.54) is 13.5 Å². The first-order valence-corrected chi connectivity index (χ1v) is 5.55. The third-order valence-electron chi connectivity index (χ3n) is 4.45. The van der Waals surface area contributed by atoms with Crippen molar-refractivity contribution in [3.63, 3.8) is 0 Å². The van der Waals surface area contributed by atoms with Gasteiger partial charge in [0.1, 0.15) is 0 Å². The number of fused-ring (bicyclic) bond motifs is 5. The Hall–Kier alpha value is -0.790. The predicted octanol–water partition coefficient (Wildman–Crippen LogP) is 2.01. The van der Waals surface area contributed by atoms with Crippen LogP contribution >= 0.6 is 0 Å². The zero-order valence-electron chi connectivity index (χ0n) is 8.48. The number of carbonyl (C=O) groups excluding carboxylic acids is 1. The van der Waals surface area contributed by atoms with E-state index in [0.29, 0.717) is 0 Å². The highest BCUT2D eigenvalue weighted by Gasteiger charge is 2.51. The second-order valence-electron chi connectivity index (χ2n) is 4.97. The van der Waals surface area contributed by atoms with Crippen molar-refractivity contribution in [2.45, 2.75) is 19.3 Å². The minimum Gasteiger partial charge on any atom is -0.469 e. The van der Waals surface area contributed by atoms with Crippen molar-refractivity contribution in [1.82, 2.24) is 0 Å². The molecule has 2 fully saturated rings. The van der Waals surface area contributed by atoms with Gasteiger partial charge in [0.25, 0.3) is 0 Å². The maximum absolute atomic E-state index is 11.4. The standard InChI is InChI=1S/C12H16O2/c1-14-12(13)9-5-10-7-2-3-8(4-7)11(10)6-9/h2-3,7-11H,4-6H2,1H3. The highest BCUT2D eigenvalue weighted by atomic mass is 16.5. The number of methoxy groups -OCH3 is 1. The average molecular weight is 192 g/mol. The van der Waals surface area contributed by atoms with Gasteiger partial charge in [-0.1, -0.05) is 12.2 Å². The Balaban J connectivity index is 1.76. The van der Waals surface area contributed by atoms with Crippen LogP contribution in [0.5, 0.6) is 0 Å². The Labute approximate surface area is 84.3 Å². The minimum absolute atomic E-state index is 0.0128. The highest BCUT2D eigenvalue weighted by molar-refractivity contribution is 5.72. The summed E-state index contributed by atoms with van der Waals surface area (Å²) in [6.45, 7) is 0. The zero-order valence-corrected chi connectivity index (χ0v) is 8.48. The number of allylic oxidation sites excluding steroid dienone is 2. The fraction of sp³-hybridized carbons (Fsp3) is 0.750. The average Bonchev–Trinajstić information content (AvgIpc) is 2.87. The van der Waals surface area contributed by atoms with Gasteiger partial charge in [-0.15, -0.1) is 0 Å². The number of hydrogen-bond acceptors (Lipinski definition) is 2. The summed E-state index contributed by atoms with van der Waals surface area (Å²) in [7, 11) is 1.50. The molecule has 3 aliphatic carbocycles. The summed E-state index contributed by atoms with van der Waals surface area (Å²) in [4.78, 5) is 11.4. The molecule has 4 atom stereocenters. The molecule has 3 rings (SSSR count). The number of hydrogen-bond donors (Lipinski definition) is 0. The lowest BCUT2D eigenvalue weighted by Gasteiger charge is -2.18. The summed E-state index contributed by atoms with van der Waals surface area (Å²) < 4.78 is 4.83. The van der Waals surface area contributed by atoms with Crippen LogP contribution in [0.15, 0.2) is 12.2 Å². The normalized spacial score (nSPS) is 48.2. The molecule has 0 aromatic rings. The van der Waals surface area contributed by atoms with E-state index >= 15 is 0 Å². The lowest BCUT2D eigenvalue weighted by atomic mass is 9.86. The molecule has 0 saturated heterocycles. The molecule has 2 bridgehead atoms. The third kappa shape index (κ3) is 0.999. The van der Waals surface area contributed by atoms with E-state index < -0.39 is 0 Å². The monoisotopic (exact) mass is 192 g/mol. The van der Waals surface area contributed by atoms with Gasteiger partial charge in [0.2, 0.25) is 0 Å². The van der Waals surface area contributed by atoms with Gasteiger partial charge in [0.05, 0.1) is 13.0 Å². The van der Waals surface area contributed by atoms with Crippen LogP contribution in [0.25, 0.3) is 0 Å². The van der Waals surface area contributed by atoms with E-state index in [1.54, 1.807) is 0 Å². The molecule has 14 heavy (non-hydrogen) atoms. The topological polar surface area (TPSA) is 26.3 Å². The number of carbonyl (C=O) groups is 1. The van der Waals surface area contributed by atoms with Crippen molar-refractivity contribution in [1.29, 1.82) is 0 Å². The summed E-state index contributed by atoms with van der Waals surface area (Å²) >= 11 is 0. The third-order valence-corrected chi connectivity index (χ3v) is 4.45. The van der Waals surface area contributed by atoms with E-state index in [9.17, 15) is 4.79 Å². The largest absolute Gasteiger partial charge is 0.469 e. The molecule has 2 heteroatoms. The molecule has 0 amide bonds. The van der Waals surface area contributed by atoms with Crippen molar-refractivity contribution in [2.75, 3.05) is 7.11 Å². The number of ether oxygens (including phenoxy) is 1. The molecular formula is C12H16O2. The Kier molecular flexibility index (Phi) is 1.73. The van der Waals surface area contributed by atoms with Crippen LogP contribution in [-0.4, -0.2) is 13.1 Å². The molecule has 76 valence electrons. The van der Waals surface area contributed by atoms with Crippen molar-refractivity contribution < 1.29 is 9.53 Å². The van der Waals surface area contributed by atoms with E-state index in [0.717, 1.165) is 36.5 Å². The fourth-order valence-corrected chi connectivity index (χ4v) is 3.84. The van der Waals surface area contributed by atoms with Gasteiger partial charge in [-0.2, -0.15) is 0 Å². The first-order chi connectivity index (χ1) is 6.79. The molecule has 0 aromatic heterocycles. The maximum Gasteiger partial charge on any atom is 0.308 e. The Morgan fingerprint density at radius 2 is 1.71 bits per heavy atom. The van der Waals surface area contributed by atoms with E-state index in [4.69, 9.17) is 4.74 Å². The molecule has 0 heterocycles. The van der Waals surface area contributed by atoms with Gasteiger partial charge in [0, 0.05) is 0 Å². The molecule has 0 spiro atoms. The summed E-state index contributed by atoms with van der Waals surface area (Å²) in [6.07, 6.45) is 8.23. The summed E-state index contributed by atoms with van der Waals surface area (Å²) in [5.74, 6) is 3.33. The van der Waals surface area contributed by atoms with Gasteiger partial charge in [0.15, 0.2) is 0 Å².